The highest BCUT2D eigenvalue weighted by Gasteiger charge is 2.09. The van der Waals surface area contributed by atoms with Crippen LogP contribution in [0.4, 0.5) is 4.79 Å². The van der Waals surface area contributed by atoms with E-state index in [2.05, 4.69) is 10.3 Å². The second-order valence-corrected chi connectivity index (χ2v) is 1.33. The lowest BCUT2D eigenvalue weighted by atomic mass is 10.4. The van der Waals surface area contributed by atoms with Crippen LogP contribution in [0.25, 0.3) is 0 Å². The van der Waals surface area contributed by atoms with Gasteiger partial charge in [0.05, 0.1) is 6.54 Å². The minimum absolute atomic E-state index is 0.259. The maximum atomic E-state index is 10.2. The fraction of sp³-hybridized carbons (Fsp3) is 0.250. The van der Waals surface area contributed by atoms with Crippen LogP contribution in [0.15, 0.2) is 4.99 Å². The van der Waals surface area contributed by atoms with Gasteiger partial charge in [-0.15, -0.1) is 0 Å². The quantitative estimate of drug-likeness (QED) is 0.463. The Morgan fingerprint density at radius 2 is 2.62 bits per heavy atom. The van der Waals surface area contributed by atoms with Gasteiger partial charge in [0, 0.05) is 0 Å². The van der Waals surface area contributed by atoms with Crippen molar-refractivity contribution in [2.75, 3.05) is 6.54 Å². The zero-order chi connectivity index (χ0) is 5.98. The molecule has 0 aliphatic carbocycles. The molecular formula is C4H3N3O. The fourth-order valence-corrected chi connectivity index (χ4v) is 0.425. The Kier molecular flexibility index (Phi) is 0.968. The van der Waals surface area contributed by atoms with Crippen LogP contribution in [0.2, 0.25) is 0 Å². The Hall–Kier alpha value is -1.37. The number of carbonyl (C=O) groups is 1. The van der Waals surface area contributed by atoms with Gasteiger partial charge in [0.2, 0.25) is 0 Å². The van der Waals surface area contributed by atoms with Gasteiger partial charge in [0.1, 0.15) is 11.8 Å². The predicted octanol–water partition coefficient (Wildman–Crippen LogP) is -0.326. The van der Waals surface area contributed by atoms with Crippen LogP contribution >= 0.6 is 0 Å². The van der Waals surface area contributed by atoms with Crippen LogP contribution < -0.4 is 5.32 Å². The monoisotopic (exact) mass is 109 g/mol. The highest BCUT2D eigenvalue weighted by Crippen LogP contribution is 1.86. The lowest BCUT2D eigenvalue weighted by Crippen LogP contribution is -2.15. The first-order chi connectivity index (χ1) is 3.83. The summed E-state index contributed by atoms with van der Waals surface area (Å²) in [6, 6.07) is 1.35. The summed E-state index contributed by atoms with van der Waals surface area (Å²) in [5, 5.41) is 10.5. The molecule has 1 aliphatic heterocycles. The van der Waals surface area contributed by atoms with E-state index in [1.807, 2.05) is 0 Å². The van der Waals surface area contributed by atoms with Crippen LogP contribution in [-0.4, -0.2) is 18.3 Å². The van der Waals surface area contributed by atoms with Gasteiger partial charge in [0.15, 0.2) is 0 Å². The van der Waals surface area contributed by atoms with Crippen molar-refractivity contribution >= 4 is 11.7 Å². The Balaban J connectivity index is 2.75. The Labute approximate surface area is 45.8 Å². The number of aliphatic imine (C=N–C) groups is 1. The molecule has 1 N–H and O–H groups in total. The van der Waals surface area contributed by atoms with E-state index in [1.54, 1.807) is 6.07 Å². The molecule has 40 valence electrons. The predicted molar refractivity (Wildman–Crippen MR) is 26.4 cm³/mol. The van der Waals surface area contributed by atoms with Crippen molar-refractivity contribution in [1.82, 2.24) is 5.32 Å². The maximum Gasteiger partial charge on any atom is 0.342 e. The van der Waals surface area contributed by atoms with Crippen LogP contribution in [-0.2, 0) is 0 Å². The van der Waals surface area contributed by atoms with Gasteiger partial charge in [-0.3, -0.25) is 0 Å². The Morgan fingerprint density at radius 1 is 1.88 bits per heavy atom. The second kappa shape index (κ2) is 1.62. The number of nitrogens with one attached hydrogen (secondary N) is 1. The topological polar surface area (TPSA) is 65.2 Å². The minimum atomic E-state index is -0.415. The van der Waals surface area contributed by atoms with Gasteiger partial charge in [0.25, 0.3) is 0 Å². The summed E-state index contributed by atoms with van der Waals surface area (Å²) in [5.41, 5.74) is 0.259. The van der Waals surface area contributed by atoms with E-state index < -0.39 is 6.03 Å². The molecule has 0 atom stereocenters. The lowest BCUT2D eigenvalue weighted by Gasteiger charge is -1.79. The number of hydrogen-bond acceptors (Lipinski definition) is 2. The van der Waals surface area contributed by atoms with Gasteiger partial charge in [-0.1, -0.05) is 0 Å². The number of rotatable bonds is 0. The van der Waals surface area contributed by atoms with Gasteiger partial charge in [-0.2, -0.15) is 10.3 Å². The molecule has 0 spiro atoms. The van der Waals surface area contributed by atoms with E-state index in [9.17, 15) is 4.79 Å². The van der Waals surface area contributed by atoms with Crippen LogP contribution in [0.5, 0.6) is 0 Å². The number of nitriles is 1. The third-order valence-corrected chi connectivity index (χ3v) is 0.773. The van der Waals surface area contributed by atoms with E-state index in [0.29, 0.717) is 0 Å². The van der Waals surface area contributed by atoms with Crippen LogP contribution in [0, 0.1) is 11.3 Å². The minimum Gasteiger partial charge on any atom is -0.330 e. The first-order valence-corrected chi connectivity index (χ1v) is 2.08. The Morgan fingerprint density at radius 3 is 2.88 bits per heavy atom. The number of hydrogen-bond donors (Lipinski definition) is 1. The largest absolute Gasteiger partial charge is 0.342 e. The highest BCUT2D eigenvalue weighted by atomic mass is 16.2. The molecule has 0 unspecified atom stereocenters. The van der Waals surface area contributed by atoms with Crippen molar-refractivity contribution in [3.63, 3.8) is 0 Å². The number of urea groups is 1. The van der Waals surface area contributed by atoms with Crippen molar-refractivity contribution in [1.29, 1.82) is 5.26 Å². The Bertz CT molecular complexity index is 188. The number of nitrogens with zero attached hydrogens (tertiary/aromatic N) is 2. The summed E-state index contributed by atoms with van der Waals surface area (Å²) in [6.07, 6.45) is 0. The molecule has 8 heavy (non-hydrogen) atoms. The van der Waals surface area contributed by atoms with E-state index in [0.717, 1.165) is 0 Å². The van der Waals surface area contributed by atoms with Gasteiger partial charge in [-0.05, 0) is 0 Å². The smallest absolute Gasteiger partial charge is 0.330 e. The number of amides is 2. The van der Waals surface area contributed by atoms with E-state index in [4.69, 9.17) is 5.26 Å². The third-order valence-electron chi connectivity index (χ3n) is 0.773. The van der Waals surface area contributed by atoms with Gasteiger partial charge >= 0.3 is 6.03 Å². The molecule has 0 aromatic carbocycles. The van der Waals surface area contributed by atoms with Crippen molar-refractivity contribution in [2.45, 2.75) is 0 Å². The van der Waals surface area contributed by atoms with E-state index >= 15 is 0 Å². The SMILES string of the molecule is N#CC1=NC(=O)NC1. The molecule has 2 amide bonds. The van der Waals surface area contributed by atoms with Crippen molar-refractivity contribution in [3.8, 4) is 6.07 Å². The van der Waals surface area contributed by atoms with Gasteiger partial charge < -0.3 is 5.32 Å². The second-order valence-electron chi connectivity index (χ2n) is 1.33. The molecule has 1 aliphatic rings. The molecule has 4 nitrogen and oxygen atoms in total. The molecule has 0 saturated carbocycles. The molecule has 1 rings (SSSR count). The summed E-state index contributed by atoms with van der Waals surface area (Å²) in [5.74, 6) is 0. The highest BCUT2D eigenvalue weighted by molar-refractivity contribution is 6.10. The molecular weight excluding hydrogens is 106 g/mol. The summed E-state index contributed by atoms with van der Waals surface area (Å²) in [7, 11) is 0. The molecule has 0 saturated heterocycles. The van der Waals surface area contributed by atoms with Crippen molar-refractivity contribution < 1.29 is 4.79 Å². The summed E-state index contributed by atoms with van der Waals surface area (Å²) in [4.78, 5) is 13.5. The molecule has 0 aromatic heterocycles. The molecule has 0 aromatic rings. The average molecular weight is 109 g/mol. The third kappa shape index (κ3) is 0.658. The van der Waals surface area contributed by atoms with E-state index in [1.165, 1.54) is 0 Å². The van der Waals surface area contributed by atoms with Crippen molar-refractivity contribution in [3.05, 3.63) is 0 Å². The molecule has 1 heterocycles. The zero-order valence-electron chi connectivity index (χ0n) is 4.01. The first kappa shape index (κ1) is 4.78. The first-order valence-electron chi connectivity index (χ1n) is 2.08. The fourth-order valence-electron chi connectivity index (χ4n) is 0.425. The van der Waals surface area contributed by atoms with Crippen LogP contribution in [0.3, 0.4) is 0 Å². The summed E-state index contributed by atoms with van der Waals surface area (Å²) in [6.45, 7) is 0.287. The van der Waals surface area contributed by atoms with E-state index in [-0.39, 0.29) is 12.3 Å². The van der Waals surface area contributed by atoms with Crippen LogP contribution in [0.1, 0.15) is 0 Å². The zero-order valence-corrected chi connectivity index (χ0v) is 4.01. The average Bonchev–Trinajstić information content (AvgIpc) is 2.14. The molecule has 4 heteroatoms. The molecule has 0 radical (unpaired) electrons. The normalized spacial score (nSPS) is 16.9. The molecule has 0 bridgehead atoms. The lowest BCUT2D eigenvalue weighted by molar-refractivity contribution is 0.252. The number of carbonyl (C=O) groups excluding carboxylic acids is 1. The van der Waals surface area contributed by atoms with Crippen molar-refractivity contribution in [2.24, 2.45) is 4.99 Å². The van der Waals surface area contributed by atoms with Gasteiger partial charge in [-0.25, -0.2) is 4.79 Å². The molecule has 0 fully saturated rings. The maximum absolute atomic E-state index is 10.2. The summed E-state index contributed by atoms with van der Waals surface area (Å²) >= 11 is 0. The standard InChI is InChI=1S/C4H3N3O/c5-1-3-2-6-4(8)7-3/h2H2,(H,6,8). The summed E-state index contributed by atoms with van der Waals surface area (Å²) < 4.78 is 0.